The Kier molecular flexibility index (Phi) is 4.26. The number of benzene rings is 2. The van der Waals surface area contributed by atoms with E-state index >= 15 is 0 Å². The molecule has 20 heavy (non-hydrogen) atoms. The average molecular weight is 314 g/mol. The van der Waals surface area contributed by atoms with E-state index in [9.17, 15) is 13.2 Å². The van der Waals surface area contributed by atoms with Crippen LogP contribution in [0.25, 0.3) is 0 Å². The molecule has 6 heteroatoms. The zero-order chi connectivity index (χ0) is 14.8. The second kappa shape index (κ2) is 5.78. The molecule has 0 atom stereocenters. The number of halogens is 4. The van der Waals surface area contributed by atoms with E-state index < -0.39 is 17.3 Å². The minimum atomic E-state index is -4.53. The summed E-state index contributed by atoms with van der Waals surface area (Å²) in [6.07, 6.45) is -4.53. The number of hydrogen-bond acceptors (Lipinski definition) is 2. The van der Waals surface area contributed by atoms with E-state index in [0.717, 1.165) is 11.0 Å². The summed E-state index contributed by atoms with van der Waals surface area (Å²) in [5.41, 5.74) is -1.32. The molecular weight excluding hydrogens is 307 g/mol. The van der Waals surface area contributed by atoms with Gasteiger partial charge in [0.1, 0.15) is 0 Å². The van der Waals surface area contributed by atoms with Crippen molar-refractivity contribution in [3.63, 3.8) is 0 Å². The molecule has 0 aliphatic carbocycles. The second-order valence-corrected chi connectivity index (χ2v) is 5.37. The number of alkyl halides is 3. The topological polar surface area (TPSA) is 23.8 Å². The molecule has 0 amide bonds. The Morgan fingerprint density at radius 3 is 2.40 bits per heavy atom. The van der Waals surface area contributed by atoms with Crippen LogP contribution >= 0.6 is 23.4 Å². The quantitative estimate of drug-likeness (QED) is 0.743. The SMILES string of the molecule is N#Cc1cc(Sc2ccccc2Cl)ccc1C(F)(F)F. The summed E-state index contributed by atoms with van der Waals surface area (Å²) in [7, 11) is 0. The monoisotopic (exact) mass is 313 g/mol. The van der Waals surface area contributed by atoms with Gasteiger partial charge in [-0.25, -0.2) is 0 Å². The molecule has 102 valence electrons. The van der Waals surface area contributed by atoms with Gasteiger partial charge >= 0.3 is 6.18 Å². The summed E-state index contributed by atoms with van der Waals surface area (Å²) in [5, 5.41) is 9.35. The number of hydrogen-bond donors (Lipinski definition) is 0. The molecule has 2 aromatic rings. The molecule has 0 spiro atoms. The molecule has 2 aromatic carbocycles. The predicted octanol–water partition coefficient (Wildman–Crippen LogP) is 5.38. The van der Waals surface area contributed by atoms with Crippen molar-refractivity contribution < 1.29 is 13.2 Å². The molecule has 1 nitrogen and oxygen atoms in total. The van der Waals surface area contributed by atoms with Gasteiger partial charge in [0.2, 0.25) is 0 Å². The number of nitrogens with zero attached hydrogens (tertiary/aromatic N) is 1. The fraction of sp³-hybridized carbons (Fsp3) is 0.0714. The smallest absolute Gasteiger partial charge is 0.192 e. The number of nitriles is 1. The normalized spacial score (nSPS) is 11.2. The van der Waals surface area contributed by atoms with Crippen LogP contribution in [0.15, 0.2) is 52.3 Å². The first-order chi connectivity index (χ1) is 9.41. The molecule has 0 radical (unpaired) electrons. The van der Waals surface area contributed by atoms with Crippen LogP contribution in [0.3, 0.4) is 0 Å². The van der Waals surface area contributed by atoms with E-state index in [1.54, 1.807) is 30.3 Å². The lowest BCUT2D eigenvalue weighted by atomic mass is 10.1. The average Bonchev–Trinajstić information content (AvgIpc) is 2.40. The minimum Gasteiger partial charge on any atom is -0.192 e. The second-order valence-electron chi connectivity index (χ2n) is 3.85. The molecule has 0 heterocycles. The molecule has 0 aliphatic rings. The van der Waals surface area contributed by atoms with Crippen LogP contribution < -0.4 is 0 Å². The van der Waals surface area contributed by atoms with Gasteiger partial charge in [0.05, 0.1) is 22.2 Å². The Bertz CT molecular complexity index is 677. The van der Waals surface area contributed by atoms with Gasteiger partial charge in [0, 0.05) is 9.79 Å². The number of rotatable bonds is 2. The molecule has 0 aliphatic heterocycles. The third kappa shape index (κ3) is 3.27. The summed E-state index contributed by atoms with van der Waals surface area (Å²) >= 11 is 7.20. The van der Waals surface area contributed by atoms with Gasteiger partial charge in [0.15, 0.2) is 0 Å². The fourth-order valence-electron chi connectivity index (χ4n) is 1.58. The van der Waals surface area contributed by atoms with Crippen LogP contribution in [0.4, 0.5) is 13.2 Å². The van der Waals surface area contributed by atoms with Crippen molar-refractivity contribution in [2.45, 2.75) is 16.0 Å². The van der Waals surface area contributed by atoms with Crippen molar-refractivity contribution in [1.29, 1.82) is 5.26 Å². The van der Waals surface area contributed by atoms with E-state index in [1.807, 2.05) is 0 Å². The zero-order valence-electron chi connectivity index (χ0n) is 9.91. The highest BCUT2D eigenvalue weighted by Gasteiger charge is 2.33. The van der Waals surface area contributed by atoms with Crippen LogP contribution in [-0.4, -0.2) is 0 Å². The summed E-state index contributed by atoms with van der Waals surface area (Å²) in [4.78, 5) is 1.25. The van der Waals surface area contributed by atoms with E-state index in [-0.39, 0.29) is 0 Å². The lowest BCUT2D eigenvalue weighted by Gasteiger charge is -2.10. The van der Waals surface area contributed by atoms with Gasteiger partial charge in [-0.15, -0.1) is 0 Å². The predicted molar refractivity (Wildman–Crippen MR) is 71.7 cm³/mol. The van der Waals surface area contributed by atoms with Gasteiger partial charge in [-0.05, 0) is 30.3 Å². The molecule has 0 fully saturated rings. The van der Waals surface area contributed by atoms with Crippen molar-refractivity contribution in [3.05, 3.63) is 58.6 Å². The van der Waals surface area contributed by atoms with E-state index in [1.165, 1.54) is 23.9 Å². The third-order valence-corrected chi connectivity index (χ3v) is 3.99. The van der Waals surface area contributed by atoms with E-state index in [4.69, 9.17) is 16.9 Å². The van der Waals surface area contributed by atoms with E-state index in [2.05, 4.69) is 0 Å². The largest absolute Gasteiger partial charge is 0.417 e. The molecule has 0 aromatic heterocycles. The van der Waals surface area contributed by atoms with Crippen molar-refractivity contribution in [2.24, 2.45) is 0 Å². The summed E-state index contributed by atoms with van der Waals surface area (Å²) in [6, 6.07) is 12.0. The van der Waals surface area contributed by atoms with Gasteiger partial charge in [-0.3, -0.25) is 0 Å². The highest BCUT2D eigenvalue weighted by Crippen LogP contribution is 2.37. The van der Waals surface area contributed by atoms with Crippen LogP contribution in [0, 0.1) is 11.3 Å². The van der Waals surface area contributed by atoms with Crippen molar-refractivity contribution in [1.82, 2.24) is 0 Å². The molecule has 2 rings (SSSR count). The first-order valence-electron chi connectivity index (χ1n) is 5.45. The van der Waals surface area contributed by atoms with Crippen LogP contribution in [0.1, 0.15) is 11.1 Å². The molecule has 0 saturated carbocycles. The summed E-state index contributed by atoms with van der Waals surface area (Å²) in [6.45, 7) is 0. The maximum atomic E-state index is 12.7. The summed E-state index contributed by atoms with van der Waals surface area (Å²) < 4.78 is 38.0. The Morgan fingerprint density at radius 2 is 1.80 bits per heavy atom. The Hall–Kier alpha value is -1.64. The summed E-state index contributed by atoms with van der Waals surface area (Å²) in [5.74, 6) is 0. The maximum absolute atomic E-state index is 12.7. The minimum absolute atomic E-state index is 0.394. The standard InChI is InChI=1S/C14H7ClF3NS/c15-12-3-1-2-4-13(12)20-10-5-6-11(14(16,17)18)9(7-10)8-19/h1-7H. The van der Waals surface area contributed by atoms with Gasteiger partial charge < -0.3 is 0 Å². The van der Waals surface area contributed by atoms with Gasteiger partial charge in [0.25, 0.3) is 0 Å². The maximum Gasteiger partial charge on any atom is 0.417 e. The Labute approximate surface area is 123 Å². The van der Waals surface area contributed by atoms with Crippen molar-refractivity contribution in [3.8, 4) is 6.07 Å². The Morgan fingerprint density at radius 1 is 1.10 bits per heavy atom. The first-order valence-corrected chi connectivity index (χ1v) is 6.65. The Balaban J connectivity index is 2.37. The van der Waals surface area contributed by atoms with Gasteiger partial charge in [-0.1, -0.05) is 35.5 Å². The van der Waals surface area contributed by atoms with Crippen LogP contribution in [0.2, 0.25) is 5.02 Å². The van der Waals surface area contributed by atoms with E-state index in [0.29, 0.717) is 9.92 Å². The molecule has 0 unspecified atom stereocenters. The first kappa shape index (κ1) is 14.8. The molecular formula is C14H7ClF3NS. The lowest BCUT2D eigenvalue weighted by Crippen LogP contribution is -2.07. The highest BCUT2D eigenvalue weighted by atomic mass is 35.5. The van der Waals surface area contributed by atoms with Crippen molar-refractivity contribution in [2.75, 3.05) is 0 Å². The lowest BCUT2D eigenvalue weighted by molar-refractivity contribution is -0.137. The van der Waals surface area contributed by atoms with Crippen molar-refractivity contribution >= 4 is 23.4 Å². The molecule has 0 N–H and O–H groups in total. The fourth-order valence-corrected chi connectivity index (χ4v) is 2.71. The zero-order valence-corrected chi connectivity index (χ0v) is 11.5. The van der Waals surface area contributed by atoms with Gasteiger partial charge in [-0.2, -0.15) is 18.4 Å². The van der Waals surface area contributed by atoms with Crippen LogP contribution in [-0.2, 0) is 6.18 Å². The highest BCUT2D eigenvalue weighted by molar-refractivity contribution is 7.99. The third-order valence-electron chi connectivity index (χ3n) is 2.48. The van der Waals surface area contributed by atoms with Crippen LogP contribution in [0.5, 0.6) is 0 Å². The molecule has 0 saturated heterocycles. The molecule has 0 bridgehead atoms.